The van der Waals surface area contributed by atoms with E-state index in [4.69, 9.17) is 0 Å². The van der Waals surface area contributed by atoms with Crippen LogP contribution in [0.1, 0.15) is 15.9 Å². The fourth-order valence-electron chi connectivity index (χ4n) is 1.83. The van der Waals surface area contributed by atoms with Gasteiger partial charge in [-0.15, -0.1) is 0 Å². The van der Waals surface area contributed by atoms with Gasteiger partial charge in [-0.25, -0.2) is 17.2 Å². The third-order valence-electron chi connectivity index (χ3n) is 2.67. The lowest BCUT2D eigenvalue weighted by molar-refractivity contribution is 0.0896. The molecule has 0 saturated heterocycles. The highest BCUT2D eigenvalue weighted by molar-refractivity contribution is 7.91. The summed E-state index contributed by atoms with van der Waals surface area (Å²) in [6, 6.07) is 1.20. The van der Waals surface area contributed by atoms with E-state index in [2.05, 4.69) is 0 Å². The Labute approximate surface area is 99.3 Å². The van der Waals surface area contributed by atoms with Crippen LogP contribution < -0.4 is 0 Å². The summed E-state index contributed by atoms with van der Waals surface area (Å²) in [5.41, 5.74) is -1.25. The molecule has 0 aliphatic heterocycles. The quantitative estimate of drug-likeness (QED) is 0.615. The summed E-state index contributed by atoms with van der Waals surface area (Å²) >= 11 is 0. The molecular formula is C10H6F4O3S. The summed E-state index contributed by atoms with van der Waals surface area (Å²) in [4.78, 5) is 10.4. The average Bonchev–Trinajstić information content (AvgIpc) is 2.57. The van der Waals surface area contributed by atoms with Crippen LogP contribution in [-0.4, -0.2) is 26.1 Å². The minimum atomic E-state index is -5.06. The van der Waals surface area contributed by atoms with Crippen molar-refractivity contribution in [3.8, 4) is 0 Å². The average molecular weight is 282 g/mol. The predicted octanol–water partition coefficient (Wildman–Crippen LogP) is 1.90. The number of hydrogen-bond donors (Lipinski definition) is 0. The van der Waals surface area contributed by atoms with Crippen LogP contribution in [0.2, 0.25) is 0 Å². The SMILES string of the molecule is O=C1c2c(S(=O)(=O)C(F)F)ccc(F)c2CC1F. The zero-order valence-electron chi connectivity index (χ0n) is 8.66. The van der Waals surface area contributed by atoms with Gasteiger partial charge < -0.3 is 0 Å². The number of ketones is 1. The molecule has 0 saturated carbocycles. The Morgan fingerprint density at radius 2 is 1.89 bits per heavy atom. The van der Waals surface area contributed by atoms with E-state index in [9.17, 15) is 30.8 Å². The number of Topliss-reactive ketones (excluding diaryl/α,β-unsaturated/α-hetero) is 1. The van der Waals surface area contributed by atoms with Crippen LogP contribution >= 0.6 is 0 Å². The van der Waals surface area contributed by atoms with Crippen LogP contribution in [-0.2, 0) is 16.3 Å². The van der Waals surface area contributed by atoms with Crippen LogP contribution in [0.4, 0.5) is 17.6 Å². The number of halogens is 4. The van der Waals surface area contributed by atoms with E-state index in [0.717, 1.165) is 0 Å². The topological polar surface area (TPSA) is 51.2 Å². The van der Waals surface area contributed by atoms with Gasteiger partial charge in [-0.1, -0.05) is 0 Å². The highest BCUT2D eigenvalue weighted by atomic mass is 32.2. The lowest BCUT2D eigenvalue weighted by atomic mass is 10.1. The van der Waals surface area contributed by atoms with Crippen molar-refractivity contribution in [2.75, 3.05) is 0 Å². The predicted molar refractivity (Wildman–Crippen MR) is 52.5 cm³/mol. The first-order valence-corrected chi connectivity index (χ1v) is 6.33. The largest absolute Gasteiger partial charge is 0.341 e. The molecule has 0 aromatic heterocycles. The summed E-state index contributed by atoms with van der Waals surface area (Å²) in [6.45, 7) is 0. The number of carbonyl (C=O) groups is 1. The summed E-state index contributed by atoms with van der Waals surface area (Å²) < 4.78 is 73.9. The number of carbonyl (C=O) groups excluding carboxylic acids is 1. The molecule has 1 aliphatic carbocycles. The summed E-state index contributed by atoms with van der Waals surface area (Å²) in [5.74, 6) is -6.01. The van der Waals surface area contributed by atoms with E-state index in [1.165, 1.54) is 0 Å². The standard InChI is InChI=1S/C10H6F4O3S/c11-5-1-2-7(18(16,17)10(13)14)8-4(5)3-6(12)9(8)15/h1-2,6,10H,3H2. The fraction of sp³-hybridized carbons (Fsp3) is 0.300. The van der Waals surface area contributed by atoms with E-state index < -0.39 is 55.8 Å². The maximum Gasteiger partial charge on any atom is 0.341 e. The molecule has 0 bridgehead atoms. The molecule has 0 amide bonds. The highest BCUT2D eigenvalue weighted by Crippen LogP contribution is 2.33. The lowest BCUT2D eigenvalue weighted by Gasteiger charge is -2.08. The molecule has 1 aromatic carbocycles. The fourth-order valence-corrected chi connectivity index (χ4v) is 2.79. The van der Waals surface area contributed by atoms with E-state index in [-0.39, 0.29) is 0 Å². The first kappa shape index (κ1) is 13.0. The van der Waals surface area contributed by atoms with Gasteiger partial charge in [0.25, 0.3) is 0 Å². The van der Waals surface area contributed by atoms with Crippen LogP contribution in [0.5, 0.6) is 0 Å². The van der Waals surface area contributed by atoms with Gasteiger partial charge in [-0.2, -0.15) is 8.78 Å². The number of rotatable bonds is 2. The van der Waals surface area contributed by atoms with Gasteiger partial charge in [0.05, 0.1) is 4.90 Å². The molecule has 2 rings (SSSR count). The van der Waals surface area contributed by atoms with Gasteiger partial charge in [0.15, 0.2) is 12.0 Å². The van der Waals surface area contributed by atoms with Gasteiger partial charge in [0, 0.05) is 17.5 Å². The molecule has 3 nitrogen and oxygen atoms in total. The zero-order valence-corrected chi connectivity index (χ0v) is 9.48. The molecule has 98 valence electrons. The Morgan fingerprint density at radius 3 is 2.44 bits per heavy atom. The van der Waals surface area contributed by atoms with Gasteiger partial charge in [0.1, 0.15) is 5.82 Å². The van der Waals surface area contributed by atoms with Crippen molar-refractivity contribution in [1.82, 2.24) is 0 Å². The van der Waals surface area contributed by atoms with Crippen LogP contribution in [0.15, 0.2) is 17.0 Å². The van der Waals surface area contributed by atoms with Crippen LogP contribution in [0, 0.1) is 5.82 Å². The van der Waals surface area contributed by atoms with Crippen molar-refractivity contribution < 1.29 is 30.8 Å². The van der Waals surface area contributed by atoms with Gasteiger partial charge in [-0.05, 0) is 12.1 Å². The molecule has 1 unspecified atom stereocenters. The van der Waals surface area contributed by atoms with Gasteiger partial charge >= 0.3 is 5.76 Å². The zero-order chi connectivity index (χ0) is 13.7. The molecule has 0 fully saturated rings. The smallest absolute Gasteiger partial charge is 0.291 e. The van der Waals surface area contributed by atoms with Gasteiger partial charge in [-0.3, -0.25) is 4.79 Å². The van der Waals surface area contributed by atoms with Crippen molar-refractivity contribution in [3.63, 3.8) is 0 Å². The number of hydrogen-bond acceptors (Lipinski definition) is 3. The van der Waals surface area contributed by atoms with Crippen LogP contribution in [0.3, 0.4) is 0 Å². The summed E-state index contributed by atoms with van der Waals surface area (Å²) in [7, 11) is -5.06. The molecule has 18 heavy (non-hydrogen) atoms. The van der Waals surface area contributed by atoms with Crippen molar-refractivity contribution in [2.45, 2.75) is 23.2 Å². The van der Waals surface area contributed by atoms with E-state index in [1.54, 1.807) is 0 Å². The van der Waals surface area contributed by atoms with Crippen molar-refractivity contribution in [3.05, 3.63) is 29.1 Å². The third-order valence-corrected chi connectivity index (χ3v) is 4.10. The Morgan fingerprint density at radius 1 is 1.28 bits per heavy atom. The molecule has 0 heterocycles. The monoisotopic (exact) mass is 282 g/mol. The second-order valence-electron chi connectivity index (χ2n) is 3.74. The minimum absolute atomic E-state index is 0.464. The molecule has 0 N–H and O–H groups in total. The minimum Gasteiger partial charge on any atom is -0.291 e. The number of fused-ring (bicyclic) bond motifs is 1. The normalized spacial score (nSPS) is 19.4. The Kier molecular flexibility index (Phi) is 2.92. The Bertz CT molecular complexity index is 624. The lowest BCUT2D eigenvalue weighted by Crippen LogP contribution is -2.17. The summed E-state index contributed by atoms with van der Waals surface area (Å²) in [5, 5.41) is 0. The van der Waals surface area contributed by atoms with Crippen molar-refractivity contribution in [1.29, 1.82) is 0 Å². The number of alkyl halides is 3. The Balaban J connectivity index is 2.75. The molecule has 0 spiro atoms. The number of sulfone groups is 1. The second kappa shape index (κ2) is 4.04. The van der Waals surface area contributed by atoms with E-state index in [1.807, 2.05) is 0 Å². The maximum atomic E-state index is 13.3. The first-order valence-electron chi connectivity index (χ1n) is 4.78. The highest BCUT2D eigenvalue weighted by Gasteiger charge is 2.40. The first-order chi connectivity index (χ1) is 8.26. The Hall–Kier alpha value is -1.44. The molecule has 8 heteroatoms. The molecule has 1 atom stereocenters. The maximum absolute atomic E-state index is 13.3. The third kappa shape index (κ3) is 1.71. The van der Waals surface area contributed by atoms with Crippen molar-refractivity contribution in [2.24, 2.45) is 0 Å². The summed E-state index contributed by atoms with van der Waals surface area (Å²) in [6.07, 6.45) is -2.73. The van der Waals surface area contributed by atoms with Gasteiger partial charge in [0.2, 0.25) is 9.84 Å². The van der Waals surface area contributed by atoms with Crippen molar-refractivity contribution >= 4 is 15.6 Å². The molecular weight excluding hydrogens is 276 g/mol. The molecule has 0 radical (unpaired) electrons. The molecule has 1 aliphatic rings. The van der Waals surface area contributed by atoms with Crippen LogP contribution in [0.25, 0.3) is 0 Å². The molecule has 1 aromatic rings. The van der Waals surface area contributed by atoms with E-state index >= 15 is 0 Å². The van der Waals surface area contributed by atoms with E-state index in [0.29, 0.717) is 12.1 Å². The number of benzene rings is 1. The second-order valence-corrected chi connectivity index (χ2v) is 5.63.